The minimum Gasteiger partial charge on any atom is -0.450 e. The van der Waals surface area contributed by atoms with Crippen molar-refractivity contribution in [3.05, 3.63) is 70.3 Å². The van der Waals surface area contributed by atoms with Crippen LogP contribution in [0.25, 0.3) is 0 Å². The van der Waals surface area contributed by atoms with Gasteiger partial charge in [-0.3, -0.25) is 0 Å². The monoisotopic (exact) mass is 323 g/mol. The maximum Gasteiger partial charge on any atom is 0.339 e. The number of aryl methyl sites for hydroxylation is 3. The number of benzene rings is 2. The lowest BCUT2D eigenvalue weighted by Gasteiger charge is -2.37. The number of carbonyl (C=O) groups is 1. The Bertz CT molecular complexity index is 731. The summed E-state index contributed by atoms with van der Waals surface area (Å²) in [4.78, 5) is 12.9. The van der Waals surface area contributed by atoms with Crippen LogP contribution in [0.4, 0.5) is 0 Å². The van der Waals surface area contributed by atoms with Gasteiger partial charge in [-0.2, -0.15) is 0 Å². The predicted molar refractivity (Wildman–Crippen MR) is 96.3 cm³/mol. The van der Waals surface area contributed by atoms with E-state index in [1.165, 1.54) is 5.56 Å². The van der Waals surface area contributed by atoms with Crippen molar-refractivity contribution < 1.29 is 9.53 Å². The molecule has 0 atom stereocenters. The highest BCUT2D eigenvalue weighted by Crippen LogP contribution is 2.36. The summed E-state index contributed by atoms with van der Waals surface area (Å²) < 4.78 is 6.15. The average Bonchev–Trinajstić information content (AvgIpc) is 2.59. The van der Waals surface area contributed by atoms with Crippen molar-refractivity contribution in [2.75, 3.05) is 13.1 Å². The third-order valence-electron chi connectivity index (χ3n) is 5.06. The van der Waals surface area contributed by atoms with Crippen LogP contribution in [0.2, 0.25) is 0 Å². The van der Waals surface area contributed by atoms with Crippen LogP contribution in [-0.4, -0.2) is 19.1 Å². The highest BCUT2D eigenvalue weighted by atomic mass is 16.6. The van der Waals surface area contributed by atoms with E-state index in [9.17, 15) is 4.79 Å². The molecular formula is C21H25NO2. The van der Waals surface area contributed by atoms with Crippen molar-refractivity contribution in [1.29, 1.82) is 0 Å². The van der Waals surface area contributed by atoms with Gasteiger partial charge in [-0.1, -0.05) is 36.4 Å². The van der Waals surface area contributed by atoms with Gasteiger partial charge < -0.3 is 10.1 Å². The molecule has 0 bridgehead atoms. The molecular weight excluding hydrogens is 298 g/mol. The molecule has 1 aliphatic heterocycles. The number of piperidine rings is 1. The molecule has 1 aliphatic rings. The second-order valence-corrected chi connectivity index (χ2v) is 6.75. The van der Waals surface area contributed by atoms with Crippen LogP contribution < -0.4 is 5.32 Å². The first-order valence-corrected chi connectivity index (χ1v) is 8.59. The number of carbonyl (C=O) groups excluding carboxylic acids is 1. The lowest BCUT2D eigenvalue weighted by molar-refractivity contribution is -0.0379. The first-order valence-electron chi connectivity index (χ1n) is 8.59. The van der Waals surface area contributed by atoms with Crippen molar-refractivity contribution in [3.8, 4) is 0 Å². The zero-order valence-corrected chi connectivity index (χ0v) is 14.7. The molecule has 0 radical (unpaired) electrons. The van der Waals surface area contributed by atoms with Crippen molar-refractivity contribution in [3.63, 3.8) is 0 Å². The van der Waals surface area contributed by atoms with Crippen LogP contribution in [0.1, 0.15) is 45.5 Å². The number of hydrogen-bond donors (Lipinski definition) is 1. The summed E-state index contributed by atoms with van der Waals surface area (Å²) >= 11 is 0. The molecule has 0 spiro atoms. The van der Waals surface area contributed by atoms with Gasteiger partial charge in [0.15, 0.2) is 0 Å². The Kier molecular flexibility index (Phi) is 4.72. The zero-order valence-electron chi connectivity index (χ0n) is 14.7. The maximum atomic E-state index is 12.9. The van der Waals surface area contributed by atoms with Gasteiger partial charge in [-0.25, -0.2) is 4.79 Å². The Morgan fingerprint density at radius 2 is 1.58 bits per heavy atom. The fourth-order valence-electron chi connectivity index (χ4n) is 3.44. The van der Waals surface area contributed by atoms with E-state index in [0.29, 0.717) is 5.56 Å². The first kappa shape index (κ1) is 16.7. The highest BCUT2D eigenvalue weighted by Gasteiger charge is 2.38. The molecule has 3 nitrogen and oxygen atoms in total. The lowest BCUT2D eigenvalue weighted by atomic mass is 9.84. The SMILES string of the molecule is Cc1cc(C)c(C(=O)OC2(c3ccccc3)CCNCC2)cc1C. The highest BCUT2D eigenvalue weighted by molar-refractivity contribution is 5.91. The number of hydrogen-bond acceptors (Lipinski definition) is 3. The van der Waals surface area contributed by atoms with Crippen LogP contribution in [0.3, 0.4) is 0 Å². The van der Waals surface area contributed by atoms with E-state index in [1.54, 1.807) is 0 Å². The number of rotatable bonds is 3. The normalized spacial score (nSPS) is 16.6. The Balaban J connectivity index is 1.94. The molecule has 1 N–H and O–H groups in total. The molecule has 0 saturated carbocycles. The predicted octanol–water partition coefficient (Wildman–Crippen LogP) is 4.05. The fraction of sp³-hybridized carbons (Fsp3) is 0.381. The van der Waals surface area contributed by atoms with Gasteiger partial charge in [0.05, 0.1) is 5.56 Å². The summed E-state index contributed by atoms with van der Waals surface area (Å²) in [5, 5.41) is 3.36. The number of ether oxygens (including phenoxy) is 1. The Labute approximate surface area is 144 Å². The van der Waals surface area contributed by atoms with E-state index in [-0.39, 0.29) is 5.97 Å². The second-order valence-electron chi connectivity index (χ2n) is 6.75. The van der Waals surface area contributed by atoms with Gasteiger partial charge in [0.25, 0.3) is 0 Å². The zero-order chi connectivity index (χ0) is 17.2. The van der Waals surface area contributed by atoms with Crippen LogP contribution in [0.15, 0.2) is 42.5 Å². The molecule has 0 aromatic heterocycles. The summed E-state index contributed by atoms with van der Waals surface area (Å²) in [6.07, 6.45) is 1.60. The molecule has 24 heavy (non-hydrogen) atoms. The summed E-state index contributed by atoms with van der Waals surface area (Å²) in [6, 6.07) is 14.1. The summed E-state index contributed by atoms with van der Waals surface area (Å²) in [6.45, 7) is 7.78. The van der Waals surface area contributed by atoms with Crippen molar-refractivity contribution in [2.24, 2.45) is 0 Å². The average molecular weight is 323 g/mol. The van der Waals surface area contributed by atoms with Crippen molar-refractivity contribution in [2.45, 2.75) is 39.2 Å². The minimum atomic E-state index is -0.533. The van der Waals surface area contributed by atoms with E-state index in [4.69, 9.17) is 4.74 Å². The maximum absolute atomic E-state index is 12.9. The van der Waals surface area contributed by atoms with E-state index < -0.39 is 5.60 Å². The largest absolute Gasteiger partial charge is 0.450 e. The molecule has 1 fully saturated rings. The lowest BCUT2D eigenvalue weighted by Crippen LogP contribution is -2.43. The Hall–Kier alpha value is -2.13. The van der Waals surface area contributed by atoms with Crippen LogP contribution in [-0.2, 0) is 10.3 Å². The van der Waals surface area contributed by atoms with E-state index in [0.717, 1.165) is 42.6 Å². The second kappa shape index (κ2) is 6.78. The van der Waals surface area contributed by atoms with Gasteiger partial charge in [-0.15, -0.1) is 0 Å². The summed E-state index contributed by atoms with van der Waals surface area (Å²) in [5.41, 5.74) is 4.51. The molecule has 1 heterocycles. The molecule has 2 aromatic rings. The van der Waals surface area contributed by atoms with E-state index >= 15 is 0 Å². The van der Waals surface area contributed by atoms with Gasteiger partial charge in [0.2, 0.25) is 0 Å². The summed E-state index contributed by atoms with van der Waals surface area (Å²) in [7, 11) is 0. The Morgan fingerprint density at radius 1 is 0.958 bits per heavy atom. The minimum absolute atomic E-state index is 0.221. The van der Waals surface area contributed by atoms with Gasteiger partial charge in [0, 0.05) is 12.8 Å². The smallest absolute Gasteiger partial charge is 0.339 e. The van der Waals surface area contributed by atoms with Gasteiger partial charge in [0.1, 0.15) is 5.60 Å². The quantitative estimate of drug-likeness (QED) is 0.866. The molecule has 2 aromatic carbocycles. The third-order valence-corrected chi connectivity index (χ3v) is 5.06. The molecule has 3 heteroatoms. The number of nitrogens with one attached hydrogen (secondary N) is 1. The van der Waals surface area contributed by atoms with E-state index in [1.807, 2.05) is 38.1 Å². The third kappa shape index (κ3) is 3.22. The molecule has 0 amide bonds. The molecule has 0 unspecified atom stereocenters. The van der Waals surface area contributed by atoms with Crippen LogP contribution in [0, 0.1) is 20.8 Å². The van der Waals surface area contributed by atoms with Crippen molar-refractivity contribution >= 4 is 5.97 Å². The van der Waals surface area contributed by atoms with Crippen molar-refractivity contribution in [1.82, 2.24) is 5.32 Å². The first-order chi connectivity index (χ1) is 11.5. The summed E-state index contributed by atoms with van der Waals surface area (Å²) in [5.74, 6) is -0.221. The van der Waals surface area contributed by atoms with Crippen LogP contribution in [0.5, 0.6) is 0 Å². The Morgan fingerprint density at radius 3 is 2.25 bits per heavy atom. The van der Waals surface area contributed by atoms with Crippen LogP contribution >= 0.6 is 0 Å². The molecule has 126 valence electrons. The number of esters is 1. The van der Waals surface area contributed by atoms with Gasteiger partial charge >= 0.3 is 5.97 Å². The molecule has 1 saturated heterocycles. The van der Waals surface area contributed by atoms with E-state index in [2.05, 4.69) is 30.4 Å². The standard InChI is InChI=1S/C21H25NO2/c1-15-13-17(3)19(14-16(15)2)20(23)24-21(9-11-22-12-10-21)18-7-5-4-6-8-18/h4-8,13-14,22H,9-12H2,1-3H3. The fourth-order valence-corrected chi connectivity index (χ4v) is 3.44. The van der Waals surface area contributed by atoms with Gasteiger partial charge in [-0.05, 0) is 62.2 Å². The molecule has 3 rings (SSSR count). The molecule has 0 aliphatic carbocycles. The topological polar surface area (TPSA) is 38.3 Å².